The Bertz CT molecular complexity index is 1490. The fourth-order valence-corrected chi connectivity index (χ4v) is 5.04. The zero-order chi connectivity index (χ0) is 27.4. The van der Waals surface area contributed by atoms with Gasteiger partial charge in [0.1, 0.15) is 19.0 Å². The van der Waals surface area contributed by atoms with Crippen molar-refractivity contribution in [3.8, 4) is 0 Å². The highest BCUT2D eigenvalue weighted by molar-refractivity contribution is 6.00. The summed E-state index contributed by atoms with van der Waals surface area (Å²) in [7, 11) is 0. The molecule has 0 amide bonds. The summed E-state index contributed by atoms with van der Waals surface area (Å²) < 4.78 is 13.6. The molecule has 1 aromatic heterocycles. The lowest BCUT2D eigenvalue weighted by molar-refractivity contribution is -0.141. The number of aromatic nitrogens is 2. The largest absolute Gasteiger partial charge is 0.457 e. The van der Waals surface area contributed by atoms with Crippen LogP contribution in [0.15, 0.2) is 107 Å². The van der Waals surface area contributed by atoms with Crippen molar-refractivity contribution >= 4 is 23.0 Å². The van der Waals surface area contributed by atoms with E-state index in [-0.39, 0.29) is 13.2 Å². The van der Waals surface area contributed by atoms with Crippen LogP contribution in [-0.2, 0) is 38.8 Å². The van der Waals surface area contributed by atoms with E-state index < -0.39 is 17.9 Å². The molecule has 0 fully saturated rings. The minimum absolute atomic E-state index is 0.115. The van der Waals surface area contributed by atoms with Gasteiger partial charge in [0, 0.05) is 17.9 Å². The number of ether oxygens (including phenoxy) is 2. The fourth-order valence-electron chi connectivity index (χ4n) is 5.04. The third-order valence-corrected chi connectivity index (χ3v) is 6.88. The Morgan fingerprint density at radius 2 is 1.26 bits per heavy atom. The van der Waals surface area contributed by atoms with Crippen LogP contribution >= 0.6 is 0 Å². The van der Waals surface area contributed by atoms with E-state index >= 15 is 0 Å². The van der Waals surface area contributed by atoms with E-state index in [9.17, 15) is 9.59 Å². The summed E-state index contributed by atoms with van der Waals surface area (Å²) in [6, 6.07) is 26.8. The first kappa shape index (κ1) is 26.0. The number of esters is 2. The quantitative estimate of drug-likeness (QED) is 0.296. The molecule has 0 aliphatic carbocycles. The molecule has 0 saturated heterocycles. The Hall–Kier alpha value is -4.65. The smallest absolute Gasteiger partial charge is 0.337 e. The molecule has 0 atom stereocenters. The Labute approximate surface area is 227 Å². The number of allylic oxidation sites excluding steroid dienone is 2. The molecule has 2 heterocycles. The SMILES string of the molecule is CCn1c(C2C(C(=O)OCc3ccccc3)=C(C)NC(C)=C2C(=O)OCc2ccccc2)nc2ccccc21. The molecule has 39 heavy (non-hydrogen) atoms. The van der Waals surface area contributed by atoms with Crippen LogP contribution in [0.3, 0.4) is 0 Å². The lowest BCUT2D eigenvalue weighted by Crippen LogP contribution is -2.33. The van der Waals surface area contributed by atoms with E-state index in [4.69, 9.17) is 14.5 Å². The average Bonchev–Trinajstić information content (AvgIpc) is 3.34. The van der Waals surface area contributed by atoms with E-state index in [0.29, 0.717) is 34.9 Å². The highest BCUT2D eigenvalue weighted by Crippen LogP contribution is 2.40. The number of fused-ring (bicyclic) bond motifs is 1. The molecular formula is C32H31N3O4. The van der Waals surface area contributed by atoms with Gasteiger partial charge in [-0.3, -0.25) is 0 Å². The maximum atomic E-state index is 13.7. The fraction of sp³-hybridized carbons (Fsp3) is 0.219. The number of hydrogen-bond donors (Lipinski definition) is 1. The maximum absolute atomic E-state index is 13.7. The van der Waals surface area contributed by atoms with Crippen molar-refractivity contribution in [1.29, 1.82) is 0 Å². The predicted octanol–water partition coefficient (Wildman–Crippen LogP) is 5.78. The summed E-state index contributed by atoms with van der Waals surface area (Å²) in [6.45, 7) is 6.50. The number of para-hydroxylation sites is 2. The molecule has 7 nitrogen and oxygen atoms in total. The van der Waals surface area contributed by atoms with Crippen LogP contribution in [0.25, 0.3) is 11.0 Å². The summed E-state index contributed by atoms with van der Waals surface area (Å²) in [4.78, 5) is 32.3. The number of aryl methyl sites for hydroxylation is 1. The van der Waals surface area contributed by atoms with Crippen molar-refractivity contribution in [2.75, 3.05) is 0 Å². The number of dihydropyridines is 1. The van der Waals surface area contributed by atoms with Gasteiger partial charge in [-0.15, -0.1) is 0 Å². The van der Waals surface area contributed by atoms with Gasteiger partial charge in [-0.25, -0.2) is 14.6 Å². The second-order valence-corrected chi connectivity index (χ2v) is 9.46. The lowest BCUT2D eigenvalue weighted by Gasteiger charge is -2.30. The lowest BCUT2D eigenvalue weighted by atomic mass is 9.84. The predicted molar refractivity (Wildman–Crippen MR) is 149 cm³/mol. The highest BCUT2D eigenvalue weighted by Gasteiger charge is 2.41. The molecule has 5 rings (SSSR count). The Balaban J connectivity index is 1.56. The molecule has 7 heteroatoms. The van der Waals surface area contributed by atoms with E-state index in [0.717, 1.165) is 22.2 Å². The topological polar surface area (TPSA) is 82.5 Å². The molecule has 1 aliphatic rings. The summed E-state index contributed by atoms with van der Waals surface area (Å²) >= 11 is 0. The third kappa shape index (κ3) is 5.34. The van der Waals surface area contributed by atoms with Crippen LogP contribution in [0.5, 0.6) is 0 Å². The zero-order valence-corrected chi connectivity index (χ0v) is 22.3. The van der Waals surface area contributed by atoms with E-state index in [1.807, 2.05) is 110 Å². The molecule has 198 valence electrons. The molecule has 1 N–H and O–H groups in total. The maximum Gasteiger partial charge on any atom is 0.337 e. The summed E-state index contributed by atoms with van der Waals surface area (Å²) in [5, 5.41) is 3.23. The minimum atomic E-state index is -0.773. The van der Waals surface area contributed by atoms with Crippen molar-refractivity contribution in [2.45, 2.75) is 46.4 Å². The molecule has 0 spiro atoms. The van der Waals surface area contributed by atoms with Crippen LogP contribution in [0.1, 0.15) is 43.6 Å². The van der Waals surface area contributed by atoms with Gasteiger partial charge in [0.25, 0.3) is 0 Å². The second-order valence-electron chi connectivity index (χ2n) is 9.46. The summed E-state index contributed by atoms with van der Waals surface area (Å²) in [6.07, 6.45) is 0. The molecule has 0 radical (unpaired) electrons. The van der Waals surface area contributed by atoms with Crippen LogP contribution in [0.2, 0.25) is 0 Å². The van der Waals surface area contributed by atoms with Gasteiger partial charge in [0.05, 0.1) is 28.1 Å². The number of nitrogens with one attached hydrogen (secondary N) is 1. The molecule has 4 aromatic rings. The number of hydrogen-bond acceptors (Lipinski definition) is 6. The summed E-state index contributed by atoms with van der Waals surface area (Å²) in [5.74, 6) is -1.20. The number of benzene rings is 3. The van der Waals surface area contributed by atoms with Gasteiger partial charge in [-0.1, -0.05) is 72.8 Å². The molecule has 1 aliphatic heterocycles. The van der Waals surface area contributed by atoms with Crippen LogP contribution in [-0.4, -0.2) is 21.5 Å². The first-order valence-corrected chi connectivity index (χ1v) is 13.0. The Kier molecular flexibility index (Phi) is 7.59. The summed E-state index contributed by atoms with van der Waals surface area (Å²) in [5.41, 5.74) is 5.38. The van der Waals surface area contributed by atoms with Crippen molar-refractivity contribution in [1.82, 2.24) is 14.9 Å². The highest BCUT2D eigenvalue weighted by atomic mass is 16.5. The number of nitrogens with zero attached hydrogens (tertiary/aromatic N) is 2. The number of rotatable bonds is 8. The van der Waals surface area contributed by atoms with Crippen LogP contribution in [0.4, 0.5) is 0 Å². The van der Waals surface area contributed by atoms with Gasteiger partial charge in [-0.05, 0) is 44.0 Å². The van der Waals surface area contributed by atoms with Crippen molar-refractivity contribution in [3.05, 3.63) is 124 Å². The van der Waals surface area contributed by atoms with Gasteiger partial charge in [-0.2, -0.15) is 0 Å². The average molecular weight is 522 g/mol. The first-order valence-electron chi connectivity index (χ1n) is 13.0. The molecule has 0 bridgehead atoms. The van der Waals surface area contributed by atoms with Gasteiger partial charge >= 0.3 is 11.9 Å². The van der Waals surface area contributed by atoms with E-state index in [2.05, 4.69) is 5.32 Å². The number of imidazole rings is 1. The molecule has 0 saturated carbocycles. The van der Waals surface area contributed by atoms with Gasteiger partial charge in [0.15, 0.2) is 0 Å². The molecule has 3 aromatic carbocycles. The van der Waals surface area contributed by atoms with Crippen molar-refractivity contribution in [3.63, 3.8) is 0 Å². The van der Waals surface area contributed by atoms with Crippen LogP contribution < -0.4 is 5.32 Å². The Morgan fingerprint density at radius 1 is 0.769 bits per heavy atom. The van der Waals surface area contributed by atoms with Gasteiger partial charge < -0.3 is 19.4 Å². The van der Waals surface area contributed by atoms with Crippen molar-refractivity contribution < 1.29 is 19.1 Å². The van der Waals surface area contributed by atoms with Crippen molar-refractivity contribution in [2.24, 2.45) is 0 Å². The number of carbonyl (C=O) groups is 2. The standard InChI is InChI=1S/C32H31N3O4/c1-4-35-26-18-12-11-17-25(26)34-30(35)29-27(31(36)38-19-23-13-7-5-8-14-23)21(2)33-22(3)28(29)32(37)39-20-24-15-9-6-10-16-24/h5-18,29,33H,4,19-20H2,1-3H3. The minimum Gasteiger partial charge on any atom is -0.457 e. The van der Waals surface area contributed by atoms with E-state index in [1.165, 1.54) is 0 Å². The Morgan fingerprint density at radius 3 is 1.77 bits per heavy atom. The molecule has 0 unspecified atom stereocenters. The second kappa shape index (κ2) is 11.4. The zero-order valence-electron chi connectivity index (χ0n) is 22.3. The monoisotopic (exact) mass is 521 g/mol. The van der Waals surface area contributed by atoms with Crippen LogP contribution in [0, 0.1) is 0 Å². The third-order valence-electron chi connectivity index (χ3n) is 6.88. The van der Waals surface area contributed by atoms with E-state index in [1.54, 1.807) is 0 Å². The molecular weight excluding hydrogens is 490 g/mol. The number of carbonyl (C=O) groups excluding carboxylic acids is 2. The first-order chi connectivity index (χ1) is 19.0. The van der Waals surface area contributed by atoms with Gasteiger partial charge in [0.2, 0.25) is 0 Å². The normalized spacial score (nSPS) is 13.9.